The van der Waals surface area contributed by atoms with Gasteiger partial charge in [-0.15, -0.1) is 0 Å². The highest BCUT2D eigenvalue weighted by molar-refractivity contribution is 6.33. The van der Waals surface area contributed by atoms with Crippen LogP contribution in [0.4, 0.5) is 5.82 Å². The van der Waals surface area contributed by atoms with Gasteiger partial charge in [0.2, 0.25) is 0 Å². The lowest BCUT2D eigenvalue weighted by Crippen LogP contribution is -2.43. The Morgan fingerprint density at radius 3 is 2.81 bits per heavy atom. The fourth-order valence-electron chi connectivity index (χ4n) is 3.06. The molecule has 4 nitrogen and oxygen atoms in total. The zero-order chi connectivity index (χ0) is 15.4. The first-order chi connectivity index (χ1) is 10.0. The molecule has 0 aromatic carbocycles. The summed E-state index contributed by atoms with van der Waals surface area (Å²) in [6.45, 7) is 4.98. The number of amides is 1. The number of anilines is 1. The lowest BCUT2D eigenvalue weighted by molar-refractivity contribution is 0.0623. The smallest absolute Gasteiger partial charge is 0.274 e. The number of halogens is 1. The molecule has 1 aliphatic rings. The van der Waals surface area contributed by atoms with E-state index in [1.165, 1.54) is 19.3 Å². The molecule has 1 saturated carbocycles. The van der Waals surface area contributed by atoms with E-state index >= 15 is 0 Å². The Bertz CT molecular complexity index is 506. The first-order valence-electron chi connectivity index (χ1n) is 7.72. The van der Waals surface area contributed by atoms with Crippen LogP contribution in [0.25, 0.3) is 0 Å². The normalized spacial score (nSPS) is 21.9. The minimum absolute atomic E-state index is 0.0847. The molecule has 116 valence electrons. The zero-order valence-electron chi connectivity index (χ0n) is 13.0. The van der Waals surface area contributed by atoms with Crippen LogP contribution in [0.5, 0.6) is 0 Å². The highest BCUT2D eigenvalue weighted by Crippen LogP contribution is 2.29. The molecular weight excluding hydrogens is 286 g/mol. The Kier molecular flexibility index (Phi) is 5.45. The number of hydrogen-bond acceptors (Lipinski definition) is 3. The van der Waals surface area contributed by atoms with Crippen LogP contribution in [0.15, 0.2) is 12.1 Å². The van der Waals surface area contributed by atoms with E-state index in [0.29, 0.717) is 22.5 Å². The molecule has 2 unspecified atom stereocenters. The van der Waals surface area contributed by atoms with Gasteiger partial charge in [-0.05, 0) is 37.8 Å². The van der Waals surface area contributed by atoms with Crippen molar-refractivity contribution in [3.05, 3.63) is 22.8 Å². The molecule has 1 aromatic heterocycles. The summed E-state index contributed by atoms with van der Waals surface area (Å²) in [5.41, 5.74) is 0.343. The zero-order valence-corrected chi connectivity index (χ0v) is 13.8. The summed E-state index contributed by atoms with van der Waals surface area (Å²) in [6, 6.07) is 3.82. The van der Waals surface area contributed by atoms with E-state index in [1.807, 2.05) is 18.9 Å². The van der Waals surface area contributed by atoms with Gasteiger partial charge >= 0.3 is 0 Å². The number of pyridine rings is 1. The minimum atomic E-state index is -0.0847. The first-order valence-corrected chi connectivity index (χ1v) is 8.10. The molecule has 21 heavy (non-hydrogen) atoms. The van der Waals surface area contributed by atoms with Crippen LogP contribution in [0.1, 0.15) is 50.0 Å². The van der Waals surface area contributed by atoms with Crippen molar-refractivity contribution < 1.29 is 4.79 Å². The third-order valence-electron chi connectivity index (χ3n) is 4.29. The Morgan fingerprint density at radius 1 is 1.43 bits per heavy atom. The second-order valence-corrected chi connectivity index (χ2v) is 6.21. The predicted octanol–water partition coefficient (Wildman–Crippen LogP) is 3.82. The monoisotopic (exact) mass is 309 g/mol. The van der Waals surface area contributed by atoms with E-state index in [9.17, 15) is 4.79 Å². The topological polar surface area (TPSA) is 45.2 Å². The van der Waals surface area contributed by atoms with E-state index in [0.717, 1.165) is 13.0 Å². The molecule has 5 heteroatoms. The maximum absolute atomic E-state index is 12.7. The summed E-state index contributed by atoms with van der Waals surface area (Å²) in [7, 11) is 1.87. The van der Waals surface area contributed by atoms with Crippen LogP contribution in [0.2, 0.25) is 5.02 Å². The van der Waals surface area contributed by atoms with Gasteiger partial charge in [0.1, 0.15) is 11.5 Å². The predicted molar refractivity (Wildman–Crippen MR) is 86.9 cm³/mol. The molecule has 0 radical (unpaired) electrons. The average Bonchev–Trinajstić information content (AvgIpc) is 2.48. The minimum Gasteiger partial charge on any atom is -0.370 e. The number of carbonyl (C=O) groups is 1. The third kappa shape index (κ3) is 3.67. The van der Waals surface area contributed by atoms with Gasteiger partial charge in [0.05, 0.1) is 5.02 Å². The Labute approximate surface area is 131 Å². The fraction of sp³-hybridized carbons (Fsp3) is 0.625. The van der Waals surface area contributed by atoms with Gasteiger partial charge < -0.3 is 10.2 Å². The largest absolute Gasteiger partial charge is 0.370 e. The van der Waals surface area contributed by atoms with E-state index in [4.69, 9.17) is 11.6 Å². The van der Waals surface area contributed by atoms with Crippen LogP contribution >= 0.6 is 11.6 Å². The lowest BCUT2D eigenvalue weighted by Gasteiger charge is -2.36. The van der Waals surface area contributed by atoms with Crippen molar-refractivity contribution in [2.45, 2.75) is 45.6 Å². The summed E-state index contributed by atoms with van der Waals surface area (Å²) in [4.78, 5) is 18.9. The van der Waals surface area contributed by atoms with Crippen molar-refractivity contribution in [3.63, 3.8) is 0 Å². The number of aromatic nitrogens is 1. The summed E-state index contributed by atoms with van der Waals surface area (Å²) < 4.78 is 0. The number of hydrogen-bond donors (Lipinski definition) is 1. The fourth-order valence-corrected chi connectivity index (χ4v) is 3.25. The highest BCUT2D eigenvalue weighted by atomic mass is 35.5. The summed E-state index contributed by atoms with van der Waals surface area (Å²) in [6.07, 6.45) is 4.69. The maximum Gasteiger partial charge on any atom is 0.274 e. The van der Waals surface area contributed by atoms with E-state index in [-0.39, 0.29) is 11.9 Å². The Hall–Kier alpha value is -1.29. The Balaban J connectivity index is 2.20. The van der Waals surface area contributed by atoms with Crippen molar-refractivity contribution in [3.8, 4) is 0 Å². The average molecular weight is 310 g/mol. The van der Waals surface area contributed by atoms with Gasteiger partial charge in [-0.3, -0.25) is 4.79 Å². The standard InChI is InChI=1S/C16H24ClN3O/c1-4-18-14-10-9-12(17)15(19-14)16(21)20(3)13-8-6-5-7-11(13)2/h9-11,13H,4-8H2,1-3H3,(H,18,19). The molecule has 1 amide bonds. The van der Waals surface area contributed by atoms with Gasteiger partial charge in [-0.2, -0.15) is 0 Å². The summed E-state index contributed by atoms with van der Waals surface area (Å²) >= 11 is 6.17. The van der Waals surface area contributed by atoms with Crippen LogP contribution in [0, 0.1) is 5.92 Å². The molecule has 0 aliphatic heterocycles. The van der Waals surface area contributed by atoms with E-state index in [1.54, 1.807) is 12.1 Å². The number of nitrogens with one attached hydrogen (secondary N) is 1. The van der Waals surface area contributed by atoms with Crippen LogP contribution < -0.4 is 5.32 Å². The van der Waals surface area contributed by atoms with Gasteiger partial charge in [-0.1, -0.05) is 31.4 Å². The van der Waals surface area contributed by atoms with E-state index < -0.39 is 0 Å². The Morgan fingerprint density at radius 2 is 2.14 bits per heavy atom. The van der Waals surface area contributed by atoms with Crippen molar-refractivity contribution in [2.24, 2.45) is 5.92 Å². The number of nitrogens with zero attached hydrogens (tertiary/aromatic N) is 2. The molecular formula is C16H24ClN3O. The molecule has 1 aliphatic carbocycles. The van der Waals surface area contributed by atoms with Crippen molar-refractivity contribution in [1.82, 2.24) is 9.88 Å². The second-order valence-electron chi connectivity index (χ2n) is 5.80. The summed E-state index contributed by atoms with van der Waals surface area (Å²) in [5.74, 6) is 1.14. The molecule has 1 aromatic rings. The van der Waals surface area contributed by atoms with Crippen LogP contribution in [-0.4, -0.2) is 35.4 Å². The molecule has 2 rings (SSSR count). The van der Waals surface area contributed by atoms with Crippen molar-refractivity contribution >= 4 is 23.3 Å². The highest BCUT2D eigenvalue weighted by Gasteiger charge is 2.29. The van der Waals surface area contributed by atoms with Gasteiger partial charge in [0, 0.05) is 19.6 Å². The van der Waals surface area contributed by atoms with E-state index in [2.05, 4.69) is 17.2 Å². The molecule has 0 saturated heterocycles. The van der Waals surface area contributed by atoms with Gasteiger partial charge in [-0.25, -0.2) is 4.98 Å². The summed E-state index contributed by atoms with van der Waals surface area (Å²) in [5, 5.41) is 3.53. The molecule has 2 atom stereocenters. The quantitative estimate of drug-likeness (QED) is 0.919. The maximum atomic E-state index is 12.7. The van der Waals surface area contributed by atoms with Gasteiger partial charge in [0.25, 0.3) is 5.91 Å². The molecule has 1 N–H and O–H groups in total. The molecule has 0 spiro atoms. The van der Waals surface area contributed by atoms with Crippen molar-refractivity contribution in [2.75, 3.05) is 18.9 Å². The molecule has 0 bridgehead atoms. The molecule has 1 heterocycles. The number of rotatable bonds is 4. The van der Waals surface area contributed by atoms with Crippen LogP contribution in [-0.2, 0) is 0 Å². The lowest BCUT2D eigenvalue weighted by atomic mass is 9.85. The van der Waals surface area contributed by atoms with Gasteiger partial charge in [0.15, 0.2) is 0 Å². The van der Waals surface area contributed by atoms with Crippen molar-refractivity contribution in [1.29, 1.82) is 0 Å². The second kappa shape index (κ2) is 7.12. The van der Waals surface area contributed by atoms with Crippen LogP contribution in [0.3, 0.4) is 0 Å². The molecule has 1 fully saturated rings. The third-order valence-corrected chi connectivity index (χ3v) is 4.60. The number of carbonyl (C=O) groups excluding carboxylic acids is 1. The SMILES string of the molecule is CCNc1ccc(Cl)c(C(=O)N(C)C2CCCCC2C)n1. The first kappa shape index (κ1) is 16.1.